The summed E-state index contributed by atoms with van der Waals surface area (Å²) in [4.78, 5) is 12.4. The van der Waals surface area contributed by atoms with Crippen LogP contribution in [-0.4, -0.2) is 20.9 Å². The van der Waals surface area contributed by atoms with E-state index in [1.54, 1.807) is 4.68 Å². The van der Waals surface area contributed by atoms with Crippen LogP contribution in [0.15, 0.2) is 54.6 Å². The zero-order valence-corrected chi connectivity index (χ0v) is 13.2. The average molecular weight is 306 g/mol. The van der Waals surface area contributed by atoms with E-state index in [0.717, 1.165) is 22.5 Å². The summed E-state index contributed by atoms with van der Waals surface area (Å²) in [6.45, 7) is 4.40. The molecule has 0 aliphatic carbocycles. The van der Waals surface area contributed by atoms with Gasteiger partial charge in [-0.2, -0.15) is 0 Å². The largest absolute Gasteiger partial charge is 0.320 e. The van der Waals surface area contributed by atoms with Gasteiger partial charge in [-0.15, -0.1) is 5.10 Å². The van der Waals surface area contributed by atoms with Crippen molar-refractivity contribution in [3.8, 4) is 0 Å². The number of hydrogen-bond acceptors (Lipinski definition) is 3. The lowest BCUT2D eigenvalue weighted by atomic mass is 10.2. The first-order chi connectivity index (χ1) is 11.1. The van der Waals surface area contributed by atoms with Gasteiger partial charge >= 0.3 is 0 Å². The van der Waals surface area contributed by atoms with Gasteiger partial charge in [0.25, 0.3) is 5.91 Å². The molecule has 5 nitrogen and oxygen atoms in total. The molecule has 23 heavy (non-hydrogen) atoms. The van der Waals surface area contributed by atoms with Gasteiger partial charge in [0.1, 0.15) is 0 Å². The number of carbonyl (C=O) groups excluding carboxylic acids is 1. The molecular formula is C18H18N4O. The Morgan fingerprint density at radius 3 is 2.48 bits per heavy atom. The number of nitrogens with one attached hydrogen (secondary N) is 1. The van der Waals surface area contributed by atoms with E-state index in [4.69, 9.17) is 0 Å². The van der Waals surface area contributed by atoms with Gasteiger partial charge in [0, 0.05) is 5.69 Å². The summed E-state index contributed by atoms with van der Waals surface area (Å²) in [5.74, 6) is -0.240. The number of aryl methyl sites for hydroxylation is 1. The van der Waals surface area contributed by atoms with E-state index >= 15 is 0 Å². The van der Waals surface area contributed by atoms with Crippen molar-refractivity contribution in [2.45, 2.75) is 20.4 Å². The van der Waals surface area contributed by atoms with Gasteiger partial charge in [-0.05, 0) is 31.0 Å². The van der Waals surface area contributed by atoms with Gasteiger partial charge < -0.3 is 5.32 Å². The summed E-state index contributed by atoms with van der Waals surface area (Å²) >= 11 is 0. The number of aromatic nitrogens is 3. The summed E-state index contributed by atoms with van der Waals surface area (Å²) in [5.41, 5.74) is 4.01. The van der Waals surface area contributed by atoms with Gasteiger partial charge in [0.2, 0.25) is 0 Å². The lowest BCUT2D eigenvalue weighted by Gasteiger charge is -2.07. The Hall–Kier alpha value is -2.95. The van der Waals surface area contributed by atoms with Crippen molar-refractivity contribution in [2.75, 3.05) is 5.32 Å². The predicted octanol–water partition coefficient (Wildman–Crippen LogP) is 3.20. The summed E-state index contributed by atoms with van der Waals surface area (Å²) in [5, 5.41) is 11.0. The third-order valence-electron chi connectivity index (χ3n) is 3.77. The molecule has 0 fully saturated rings. The zero-order valence-electron chi connectivity index (χ0n) is 13.2. The highest BCUT2D eigenvalue weighted by molar-refractivity contribution is 6.03. The fourth-order valence-corrected chi connectivity index (χ4v) is 2.37. The third-order valence-corrected chi connectivity index (χ3v) is 3.77. The van der Waals surface area contributed by atoms with Crippen molar-refractivity contribution >= 4 is 11.6 Å². The predicted molar refractivity (Wildman–Crippen MR) is 89.4 cm³/mol. The number of nitrogens with zero attached hydrogens (tertiary/aromatic N) is 3. The lowest BCUT2D eigenvalue weighted by molar-refractivity contribution is 0.102. The van der Waals surface area contributed by atoms with Crippen molar-refractivity contribution in [1.29, 1.82) is 0 Å². The standard InChI is InChI=1S/C18H18N4O/c1-13-8-6-7-11-16(13)19-18(23)17-14(2)22(21-20-17)12-15-9-4-3-5-10-15/h3-11H,12H2,1-2H3,(H,19,23). The van der Waals surface area contributed by atoms with Crippen LogP contribution in [-0.2, 0) is 6.54 Å². The lowest BCUT2D eigenvalue weighted by Crippen LogP contribution is -2.15. The summed E-state index contributed by atoms with van der Waals surface area (Å²) in [7, 11) is 0. The van der Waals surface area contributed by atoms with Crippen molar-refractivity contribution in [3.05, 3.63) is 77.1 Å². The average Bonchev–Trinajstić information content (AvgIpc) is 2.92. The summed E-state index contributed by atoms with van der Waals surface area (Å²) < 4.78 is 1.74. The van der Waals surface area contributed by atoms with Crippen LogP contribution in [0.2, 0.25) is 0 Å². The molecule has 0 aliphatic rings. The second-order valence-corrected chi connectivity index (χ2v) is 5.44. The maximum atomic E-state index is 12.4. The van der Waals surface area contributed by atoms with Crippen LogP contribution < -0.4 is 5.32 Å². The number of para-hydroxylation sites is 1. The number of anilines is 1. The van der Waals surface area contributed by atoms with Crippen LogP contribution in [0.4, 0.5) is 5.69 Å². The highest BCUT2D eigenvalue weighted by atomic mass is 16.2. The van der Waals surface area contributed by atoms with Crippen molar-refractivity contribution in [2.24, 2.45) is 0 Å². The van der Waals surface area contributed by atoms with E-state index < -0.39 is 0 Å². The normalized spacial score (nSPS) is 10.5. The Bertz CT molecular complexity index is 824. The monoisotopic (exact) mass is 306 g/mol. The molecule has 5 heteroatoms. The molecule has 0 radical (unpaired) electrons. The molecular weight excluding hydrogens is 288 g/mol. The maximum Gasteiger partial charge on any atom is 0.278 e. The molecule has 3 rings (SSSR count). The Morgan fingerprint density at radius 2 is 1.74 bits per heavy atom. The van der Waals surface area contributed by atoms with Crippen molar-refractivity contribution in [3.63, 3.8) is 0 Å². The van der Waals surface area contributed by atoms with Crippen LogP contribution in [0.25, 0.3) is 0 Å². The molecule has 0 bridgehead atoms. The SMILES string of the molecule is Cc1ccccc1NC(=O)c1nnn(Cc2ccccc2)c1C. The summed E-state index contributed by atoms with van der Waals surface area (Å²) in [6, 6.07) is 17.6. The first kappa shape index (κ1) is 15.0. The zero-order chi connectivity index (χ0) is 16.2. The minimum Gasteiger partial charge on any atom is -0.320 e. The highest BCUT2D eigenvalue weighted by Gasteiger charge is 2.17. The molecule has 0 aliphatic heterocycles. The van der Waals surface area contributed by atoms with Crippen LogP contribution in [0.3, 0.4) is 0 Å². The molecule has 116 valence electrons. The molecule has 0 unspecified atom stereocenters. The molecule has 0 atom stereocenters. The second-order valence-electron chi connectivity index (χ2n) is 5.44. The number of amides is 1. The van der Waals surface area contributed by atoms with E-state index in [2.05, 4.69) is 15.6 Å². The van der Waals surface area contributed by atoms with E-state index in [1.807, 2.05) is 68.4 Å². The molecule has 0 spiro atoms. The quantitative estimate of drug-likeness (QED) is 0.805. The fourth-order valence-electron chi connectivity index (χ4n) is 2.37. The van der Waals surface area contributed by atoms with Gasteiger partial charge in [0.15, 0.2) is 5.69 Å². The fraction of sp³-hybridized carbons (Fsp3) is 0.167. The van der Waals surface area contributed by atoms with Crippen LogP contribution >= 0.6 is 0 Å². The maximum absolute atomic E-state index is 12.4. The van der Waals surface area contributed by atoms with Gasteiger partial charge in [-0.25, -0.2) is 4.68 Å². The minimum atomic E-state index is -0.240. The third kappa shape index (κ3) is 3.29. The van der Waals surface area contributed by atoms with Crippen LogP contribution in [0.5, 0.6) is 0 Å². The Labute approximate surface area is 135 Å². The number of benzene rings is 2. The number of hydrogen-bond donors (Lipinski definition) is 1. The van der Waals surface area contributed by atoms with Gasteiger partial charge in [0.05, 0.1) is 12.2 Å². The Balaban J connectivity index is 1.79. The molecule has 3 aromatic rings. The van der Waals surface area contributed by atoms with Crippen molar-refractivity contribution < 1.29 is 4.79 Å². The van der Waals surface area contributed by atoms with Crippen LogP contribution in [0, 0.1) is 13.8 Å². The second kappa shape index (κ2) is 6.44. The van der Waals surface area contributed by atoms with E-state index in [1.165, 1.54) is 0 Å². The Kier molecular flexibility index (Phi) is 4.19. The first-order valence-corrected chi connectivity index (χ1v) is 7.46. The highest BCUT2D eigenvalue weighted by Crippen LogP contribution is 2.15. The van der Waals surface area contributed by atoms with E-state index in [0.29, 0.717) is 12.2 Å². The molecule has 1 aromatic heterocycles. The molecule has 0 saturated carbocycles. The minimum absolute atomic E-state index is 0.240. The molecule has 1 amide bonds. The number of carbonyl (C=O) groups is 1. The smallest absolute Gasteiger partial charge is 0.278 e. The summed E-state index contributed by atoms with van der Waals surface area (Å²) in [6.07, 6.45) is 0. The Morgan fingerprint density at radius 1 is 1.04 bits per heavy atom. The van der Waals surface area contributed by atoms with E-state index in [-0.39, 0.29) is 5.91 Å². The first-order valence-electron chi connectivity index (χ1n) is 7.46. The molecule has 2 aromatic carbocycles. The topological polar surface area (TPSA) is 59.8 Å². The molecule has 1 heterocycles. The van der Waals surface area contributed by atoms with Crippen LogP contribution in [0.1, 0.15) is 27.3 Å². The molecule has 0 saturated heterocycles. The van der Waals surface area contributed by atoms with Crippen molar-refractivity contribution in [1.82, 2.24) is 15.0 Å². The van der Waals surface area contributed by atoms with E-state index in [9.17, 15) is 4.79 Å². The van der Waals surface area contributed by atoms with Gasteiger partial charge in [-0.1, -0.05) is 53.7 Å². The molecule has 1 N–H and O–H groups in total. The van der Waals surface area contributed by atoms with Gasteiger partial charge in [-0.3, -0.25) is 4.79 Å². The number of rotatable bonds is 4.